The molecule has 2 aromatic carbocycles. The summed E-state index contributed by atoms with van der Waals surface area (Å²) in [6, 6.07) is 7.98. The van der Waals surface area contributed by atoms with Crippen LogP contribution in [-0.2, 0) is 0 Å². The molecule has 2 amide bonds. The van der Waals surface area contributed by atoms with Gasteiger partial charge in [-0.3, -0.25) is 5.32 Å². The number of carbonyl (C=O) groups is 1. The predicted molar refractivity (Wildman–Crippen MR) is 139 cm³/mol. The first-order chi connectivity index (χ1) is 16.9. The Hall–Kier alpha value is -2.85. The molecule has 0 atom stereocenters. The molecule has 3 aromatic rings. The number of anilines is 2. The number of urea groups is 1. The number of hydrogen-bond donors (Lipinski definition) is 2. The molecule has 0 saturated carbocycles. The molecule has 2 N–H and O–H groups in total. The van der Waals surface area contributed by atoms with E-state index >= 15 is 0 Å². The molecule has 35 heavy (non-hydrogen) atoms. The number of amides is 2. The topological polar surface area (TPSA) is 91.8 Å². The Morgan fingerprint density at radius 1 is 1.06 bits per heavy atom. The van der Waals surface area contributed by atoms with E-state index in [2.05, 4.69) is 37.4 Å². The third-order valence-electron chi connectivity index (χ3n) is 5.83. The second-order valence-corrected chi connectivity index (χ2v) is 9.08. The number of benzene rings is 2. The van der Waals surface area contributed by atoms with Gasteiger partial charge in [-0.2, -0.15) is 0 Å². The number of halogens is 2. The molecular formula is C24H28Cl2N6O3. The van der Waals surface area contributed by atoms with Gasteiger partial charge in [-0.1, -0.05) is 29.3 Å². The first-order valence-corrected chi connectivity index (χ1v) is 12.1. The number of nitrogens with zero attached hydrogens (tertiary/aromatic N) is 4. The summed E-state index contributed by atoms with van der Waals surface area (Å²) in [6.45, 7) is 5.91. The van der Waals surface area contributed by atoms with Crippen LogP contribution in [0, 0.1) is 0 Å². The molecule has 0 spiro atoms. The van der Waals surface area contributed by atoms with E-state index in [0.29, 0.717) is 50.6 Å². The summed E-state index contributed by atoms with van der Waals surface area (Å²) in [5.41, 5.74) is 0.928. The summed E-state index contributed by atoms with van der Waals surface area (Å²) in [5.74, 6) is 1.44. The number of aromatic nitrogens is 2. The number of likely N-dealkylation sites (N-methyl/N-ethyl adjacent to an activating group) is 1. The van der Waals surface area contributed by atoms with Gasteiger partial charge in [0.15, 0.2) is 11.5 Å². The standard InChI is InChI=1S/C24H28Cl2N6O3/c1-31-8-10-32(11-9-31)7-4-12-35-21-14-19-16(13-20(21)34-2)23(28-15-27-19)30-24(33)29-22-17(25)5-3-6-18(22)26/h3,5-6,13-15H,4,7-12H2,1-2H3,(H2,27,28,29,30,33). The molecule has 11 heteroatoms. The number of hydrogen-bond acceptors (Lipinski definition) is 7. The lowest BCUT2D eigenvalue weighted by Crippen LogP contribution is -2.44. The fourth-order valence-electron chi connectivity index (χ4n) is 3.85. The molecule has 0 radical (unpaired) electrons. The zero-order valence-corrected chi connectivity index (χ0v) is 21.2. The normalized spacial score (nSPS) is 14.6. The summed E-state index contributed by atoms with van der Waals surface area (Å²) in [7, 11) is 3.72. The molecule has 1 aromatic heterocycles. The Morgan fingerprint density at radius 2 is 1.80 bits per heavy atom. The lowest BCUT2D eigenvalue weighted by Gasteiger charge is -2.32. The van der Waals surface area contributed by atoms with Gasteiger partial charge in [-0.15, -0.1) is 0 Å². The number of nitrogens with one attached hydrogen (secondary N) is 2. The quantitative estimate of drug-likeness (QED) is 0.420. The van der Waals surface area contributed by atoms with Crippen molar-refractivity contribution in [3.63, 3.8) is 0 Å². The number of para-hydroxylation sites is 1. The minimum absolute atomic E-state index is 0.315. The number of fused-ring (bicyclic) bond motifs is 1. The van der Waals surface area contributed by atoms with Crippen molar-refractivity contribution in [2.24, 2.45) is 0 Å². The molecule has 2 heterocycles. The highest BCUT2D eigenvalue weighted by molar-refractivity contribution is 6.39. The predicted octanol–water partition coefficient (Wildman–Crippen LogP) is 4.61. The lowest BCUT2D eigenvalue weighted by atomic mass is 10.2. The Morgan fingerprint density at radius 3 is 2.51 bits per heavy atom. The van der Waals surface area contributed by atoms with Crippen LogP contribution in [0.4, 0.5) is 16.3 Å². The lowest BCUT2D eigenvalue weighted by molar-refractivity contribution is 0.145. The number of piperazine rings is 1. The summed E-state index contributed by atoms with van der Waals surface area (Å²) < 4.78 is 11.6. The molecule has 4 rings (SSSR count). The van der Waals surface area contributed by atoms with Crippen molar-refractivity contribution in [2.45, 2.75) is 6.42 Å². The maximum atomic E-state index is 12.6. The first kappa shape index (κ1) is 25.2. The van der Waals surface area contributed by atoms with E-state index in [1.807, 2.05) is 0 Å². The van der Waals surface area contributed by atoms with E-state index in [-0.39, 0.29) is 0 Å². The van der Waals surface area contributed by atoms with Crippen LogP contribution in [-0.4, -0.2) is 79.3 Å². The zero-order chi connectivity index (χ0) is 24.8. The fourth-order valence-corrected chi connectivity index (χ4v) is 4.34. The number of rotatable bonds is 8. The van der Waals surface area contributed by atoms with Crippen LogP contribution >= 0.6 is 23.2 Å². The van der Waals surface area contributed by atoms with Gasteiger partial charge in [0.05, 0.1) is 35.0 Å². The summed E-state index contributed by atoms with van der Waals surface area (Å²) >= 11 is 12.3. The van der Waals surface area contributed by atoms with Crippen molar-refractivity contribution in [2.75, 3.05) is 64.1 Å². The van der Waals surface area contributed by atoms with Gasteiger partial charge >= 0.3 is 6.03 Å². The van der Waals surface area contributed by atoms with Crippen molar-refractivity contribution in [1.82, 2.24) is 19.8 Å². The Kier molecular flexibility index (Phi) is 8.46. The third kappa shape index (κ3) is 6.43. The van der Waals surface area contributed by atoms with Crippen molar-refractivity contribution >= 4 is 51.6 Å². The minimum atomic E-state index is -0.539. The molecule has 9 nitrogen and oxygen atoms in total. The average Bonchev–Trinajstić information content (AvgIpc) is 2.85. The SMILES string of the molecule is COc1cc2c(NC(=O)Nc3c(Cl)cccc3Cl)ncnc2cc1OCCCN1CCN(C)CC1. The summed E-state index contributed by atoms with van der Waals surface area (Å²) in [5, 5.41) is 6.65. The molecule has 0 aliphatic carbocycles. The van der Waals surface area contributed by atoms with E-state index in [4.69, 9.17) is 32.7 Å². The second-order valence-electron chi connectivity index (χ2n) is 8.27. The van der Waals surface area contributed by atoms with Crippen LogP contribution in [0.5, 0.6) is 11.5 Å². The van der Waals surface area contributed by atoms with Crippen LogP contribution in [0.15, 0.2) is 36.7 Å². The van der Waals surface area contributed by atoms with E-state index in [1.54, 1.807) is 37.4 Å². The van der Waals surface area contributed by atoms with E-state index < -0.39 is 6.03 Å². The molecular weight excluding hydrogens is 491 g/mol. The van der Waals surface area contributed by atoms with Gasteiger partial charge in [-0.25, -0.2) is 14.8 Å². The number of methoxy groups -OCH3 is 1. The van der Waals surface area contributed by atoms with E-state index in [0.717, 1.165) is 39.1 Å². The fraction of sp³-hybridized carbons (Fsp3) is 0.375. The van der Waals surface area contributed by atoms with Crippen LogP contribution < -0.4 is 20.1 Å². The summed E-state index contributed by atoms with van der Waals surface area (Å²) in [6.07, 6.45) is 2.29. The second kappa shape index (κ2) is 11.7. The van der Waals surface area contributed by atoms with Crippen LogP contribution in [0.1, 0.15) is 6.42 Å². The molecule has 0 bridgehead atoms. The van der Waals surface area contributed by atoms with E-state index in [1.165, 1.54) is 6.33 Å². The van der Waals surface area contributed by atoms with Crippen LogP contribution in [0.2, 0.25) is 10.0 Å². The minimum Gasteiger partial charge on any atom is -0.493 e. The monoisotopic (exact) mass is 518 g/mol. The van der Waals surface area contributed by atoms with Gasteiger partial charge in [0.25, 0.3) is 0 Å². The summed E-state index contributed by atoms with van der Waals surface area (Å²) in [4.78, 5) is 26.0. The van der Waals surface area contributed by atoms with Gasteiger partial charge in [0.2, 0.25) is 0 Å². The molecule has 1 fully saturated rings. The average molecular weight is 519 g/mol. The highest BCUT2D eigenvalue weighted by Crippen LogP contribution is 2.34. The van der Waals surface area contributed by atoms with Crippen molar-refractivity contribution in [3.05, 3.63) is 46.7 Å². The van der Waals surface area contributed by atoms with Gasteiger partial charge in [0, 0.05) is 44.2 Å². The Bertz CT molecular complexity index is 1170. The molecule has 1 saturated heterocycles. The van der Waals surface area contributed by atoms with Crippen molar-refractivity contribution in [3.8, 4) is 11.5 Å². The molecule has 0 unspecified atom stereocenters. The molecule has 186 valence electrons. The maximum absolute atomic E-state index is 12.6. The molecule has 1 aliphatic heterocycles. The zero-order valence-electron chi connectivity index (χ0n) is 19.7. The first-order valence-electron chi connectivity index (χ1n) is 11.3. The van der Waals surface area contributed by atoms with Gasteiger partial charge < -0.3 is 24.6 Å². The maximum Gasteiger partial charge on any atom is 0.324 e. The van der Waals surface area contributed by atoms with Crippen molar-refractivity contribution < 1.29 is 14.3 Å². The van der Waals surface area contributed by atoms with Gasteiger partial charge in [-0.05, 0) is 31.7 Å². The Balaban J connectivity index is 1.42. The van der Waals surface area contributed by atoms with E-state index in [9.17, 15) is 4.79 Å². The number of ether oxygens (including phenoxy) is 2. The van der Waals surface area contributed by atoms with Crippen LogP contribution in [0.25, 0.3) is 10.9 Å². The largest absolute Gasteiger partial charge is 0.493 e. The third-order valence-corrected chi connectivity index (χ3v) is 6.46. The smallest absolute Gasteiger partial charge is 0.324 e. The van der Waals surface area contributed by atoms with Crippen molar-refractivity contribution in [1.29, 1.82) is 0 Å². The highest BCUT2D eigenvalue weighted by atomic mass is 35.5. The van der Waals surface area contributed by atoms with Crippen LogP contribution in [0.3, 0.4) is 0 Å². The highest BCUT2D eigenvalue weighted by Gasteiger charge is 2.16. The van der Waals surface area contributed by atoms with Gasteiger partial charge in [0.1, 0.15) is 12.1 Å². The Labute approximate surface area is 214 Å². The number of carbonyl (C=O) groups excluding carboxylic acids is 1. The molecule has 1 aliphatic rings.